The normalized spacial score (nSPS) is 14.2. The summed E-state index contributed by atoms with van der Waals surface area (Å²) in [5, 5.41) is 3.56. The summed E-state index contributed by atoms with van der Waals surface area (Å²) in [7, 11) is 3.47. The van der Waals surface area contributed by atoms with Gasteiger partial charge in [0.2, 0.25) is 0 Å². The highest BCUT2D eigenvalue weighted by Gasteiger charge is 2.14. The van der Waals surface area contributed by atoms with Crippen LogP contribution in [0.2, 0.25) is 0 Å². The van der Waals surface area contributed by atoms with Gasteiger partial charge in [-0.25, -0.2) is 0 Å². The molecule has 0 heterocycles. The lowest BCUT2D eigenvalue weighted by molar-refractivity contribution is 0.106. The van der Waals surface area contributed by atoms with Gasteiger partial charge >= 0.3 is 0 Å². The summed E-state index contributed by atoms with van der Waals surface area (Å²) < 4.78 is 10.6. The fourth-order valence-electron chi connectivity index (χ4n) is 2.30. The van der Waals surface area contributed by atoms with Crippen molar-refractivity contribution < 1.29 is 9.47 Å². The molecule has 0 amide bonds. The van der Waals surface area contributed by atoms with Crippen LogP contribution in [0.4, 0.5) is 0 Å². The molecule has 0 spiro atoms. The van der Waals surface area contributed by atoms with Crippen molar-refractivity contribution in [1.82, 2.24) is 5.32 Å². The molecule has 1 aromatic carbocycles. The van der Waals surface area contributed by atoms with Crippen LogP contribution in [0.5, 0.6) is 5.75 Å². The van der Waals surface area contributed by atoms with Crippen LogP contribution < -0.4 is 10.1 Å². The number of methoxy groups -OCH3 is 2. The third kappa shape index (κ3) is 4.84. The van der Waals surface area contributed by atoms with Crippen molar-refractivity contribution in [3.8, 4) is 5.75 Å². The lowest BCUT2D eigenvalue weighted by Crippen LogP contribution is -2.23. The van der Waals surface area contributed by atoms with Gasteiger partial charge in [-0.1, -0.05) is 13.0 Å². The van der Waals surface area contributed by atoms with Gasteiger partial charge in [0.05, 0.1) is 13.2 Å². The summed E-state index contributed by atoms with van der Waals surface area (Å²) in [4.78, 5) is 0. The van der Waals surface area contributed by atoms with Crippen molar-refractivity contribution >= 4 is 0 Å². The summed E-state index contributed by atoms with van der Waals surface area (Å²) in [5.74, 6) is 0.918. The Balaban J connectivity index is 2.80. The minimum atomic E-state index is 0.305. The zero-order valence-electron chi connectivity index (χ0n) is 12.8. The van der Waals surface area contributed by atoms with Crippen LogP contribution in [-0.4, -0.2) is 26.9 Å². The molecule has 3 nitrogen and oxygen atoms in total. The number of nitrogens with one attached hydrogen (secondary N) is 1. The average molecular weight is 265 g/mol. The Labute approximate surface area is 117 Å². The van der Waals surface area contributed by atoms with Crippen molar-refractivity contribution in [2.24, 2.45) is 0 Å². The lowest BCUT2D eigenvalue weighted by Gasteiger charge is -2.22. The minimum Gasteiger partial charge on any atom is -0.497 e. The largest absolute Gasteiger partial charge is 0.497 e. The van der Waals surface area contributed by atoms with Gasteiger partial charge in [0.15, 0.2) is 0 Å². The molecule has 3 heteroatoms. The van der Waals surface area contributed by atoms with Crippen LogP contribution in [0, 0.1) is 6.92 Å². The second-order valence-corrected chi connectivity index (χ2v) is 4.96. The van der Waals surface area contributed by atoms with E-state index in [0.29, 0.717) is 12.1 Å². The van der Waals surface area contributed by atoms with Gasteiger partial charge in [0, 0.05) is 13.2 Å². The summed E-state index contributed by atoms with van der Waals surface area (Å²) >= 11 is 0. The first-order valence-corrected chi connectivity index (χ1v) is 7.03. The predicted molar refractivity (Wildman–Crippen MR) is 79.9 cm³/mol. The smallest absolute Gasteiger partial charge is 0.119 e. The SMILES string of the molecule is CCNC(CCC(C)OC)c1ccc(OC)cc1C. The van der Waals surface area contributed by atoms with E-state index >= 15 is 0 Å². The quantitative estimate of drug-likeness (QED) is 0.780. The van der Waals surface area contributed by atoms with Crippen LogP contribution in [0.25, 0.3) is 0 Å². The maximum atomic E-state index is 5.33. The number of hydrogen-bond donors (Lipinski definition) is 1. The molecule has 1 rings (SSSR count). The number of benzene rings is 1. The molecular weight excluding hydrogens is 238 g/mol. The topological polar surface area (TPSA) is 30.5 Å². The summed E-state index contributed by atoms with van der Waals surface area (Å²) in [6.45, 7) is 7.37. The Morgan fingerprint density at radius 1 is 1.21 bits per heavy atom. The van der Waals surface area contributed by atoms with Crippen LogP contribution >= 0.6 is 0 Å². The van der Waals surface area contributed by atoms with E-state index in [1.807, 2.05) is 6.07 Å². The molecular formula is C16H27NO2. The highest BCUT2D eigenvalue weighted by Crippen LogP contribution is 2.26. The summed E-state index contributed by atoms with van der Waals surface area (Å²) in [5.41, 5.74) is 2.63. The Morgan fingerprint density at radius 2 is 1.95 bits per heavy atom. The molecule has 108 valence electrons. The predicted octanol–water partition coefficient (Wildman–Crippen LogP) is 3.47. The highest BCUT2D eigenvalue weighted by atomic mass is 16.5. The first kappa shape index (κ1) is 16.0. The van der Waals surface area contributed by atoms with E-state index in [1.54, 1.807) is 14.2 Å². The fourth-order valence-corrected chi connectivity index (χ4v) is 2.30. The molecule has 0 radical (unpaired) electrons. The van der Waals surface area contributed by atoms with E-state index in [-0.39, 0.29) is 0 Å². The van der Waals surface area contributed by atoms with Crippen molar-refractivity contribution in [1.29, 1.82) is 0 Å². The maximum Gasteiger partial charge on any atom is 0.119 e. The first-order valence-electron chi connectivity index (χ1n) is 7.03. The van der Waals surface area contributed by atoms with E-state index in [1.165, 1.54) is 11.1 Å². The molecule has 2 unspecified atom stereocenters. The Kier molecular flexibility index (Phi) is 6.89. The minimum absolute atomic E-state index is 0.305. The molecule has 0 saturated carbocycles. The third-order valence-corrected chi connectivity index (χ3v) is 3.57. The Hall–Kier alpha value is -1.06. The van der Waals surface area contributed by atoms with Crippen LogP contribution in [-0.2, 0) is 4.74 Å². The van der Waals surface area contributed by atoms with Gasteiger partial charge in [0.1, 0.15) is 5.75 Å². The van der Waals surface area contributed by atoms with E-state index in [0.717, 1.165) is 25.1 Å². The highest BCUT2D eigenvalue weighted by molar-refractivity contribution is 5.36. The first-order chi connectivity index (χ1) is 9.12. The van der Waals surface area contributed by atoms with Gasteiger partial charge in [-0.3, -0.25) is 0 Å². The third-order valence-electron chi connectivity index (χ3n) is 3.57. The zero-order valence-corrected chi connectivity index (χ0v) is 12.8. The molecule has 0 aliphatic carbocycles. The molecule has 0 aliphatic rings. The van der Waals surface area contributed by atoms with E-state index in [4.69, 9.17) is 9.47 Å². The van der Waals surface area contributed by atoms with Gasteiger partial charge in [0.25, 0.3) is 0 Å². The van der Waals surface area contributed by atoms with E-state index in [2.05, 4.69) is 38.2 Å². The lowest BCUT2D eigenvalue weighted by atomic mass is 9.96. The molecule has 0 aromatic heterocycles. The second-order valence-electron chi connectivity index (χ2n) is 4.96. The van der Waals surface area contributed by atoms with Crippen molar-refractivity contribution in [3.05, 3.63) is 29.3 Å². The van der Waals surface area contributed by atoms with Gasteiger partial charge in [-0.2, -0.15) is 0 Å². The van der Waals surface area contributed by atoms with Crippen molar-refractivity contribution in [2.45, 2.75) is 45.8 Å². The van der Waals surface area contributed by atoms with Crippen molar-refractivity contribution in [2.75, 3.05) is 20.8 Å². The summed E-state index contributed by atoms with van der Waals surface area (Å²) in [6.07, 6.45) is 2.44. The fraction of sp³-hybridized carbons (Fsp3) is 0.625. The van der Waals surface area contributed by atoms with Gasteiger partial charge in [-0.15, -0.1) is 0 Å². The van der Waals surface area contributed by atoms with E-state index in [9.17, 15) is 0 Å². The maximum absolute atomic E-state index is 5.33. The number of aryl methyl sites for hydroxylation is 1. The van der Waals surface area contributed by atoms with Crippen LogP contribution in [0.3, 0.4) is 0 Å². The molecule has 0 fully saturated rings. The second kappa shape index (κ2) is 8.18. The molecule has 1 N–H and O–H groups in total. The van der Waals surface area contributed by atoms with Crippen LogP contribution in [0.15, 0.2) is 18.2 Å². The molecule has 0 saturated heterocycles. The van der Waals surface area contributed by atoms with E-state index < -0.39 is 0 Å². The molecule has 19 heavy (non-hydrogen) atoms. The monoisotopic (exact) mass is 265 g/mol. The van der Waals surface area contributed by atoms with Gasteiger partial charge < -0.3 is 14.8 Å². The number of ether oxygens (including phenoxy) is 2. The Bertz CT molecular complexity index is 379. The van der Waals surface area contributed by atoms with Gasteiger partial charge in [-0.05, 0) is 56.5 Å². The average Bonchev–Trinajstić information content (AvgIpc) is 2.43. The van der Waals surface area contributed by atoms with Crippen LogP contribution in [0.1, 0.15) is 43.9 Å². The number of hydrogen-bond acceptors (Lipinski definition) is 3. The number of rotatable bonds is 8. The molecule has 2 atom stereocenters. The van der Waals surface area contributed by atoms with Crippen molar-refractivity contribution in [3.63, 3.8) is 0 Å². The molecule has 0 aliphatic heterocycles. The summed E-state index contributed by atoms with van der Waals surface area (Å²) in [6, 6.07) is 6.68. The zero-order chi connectivity index (χ0) is 14.3. The molecule has 1 aromatic rings. The Morgan fingerprint density at radius 3 is 2.47 bits per heavy atom. The molecule has 0 bridgehead atoms. The standard InChI is InChI=1S/C16H27NO2/c1-6-17-16(10-7-13(3)18-4)15-9-8-14(19-5)11-12(15)2/h8-9,11,13,16-17H,6-7,10H2,1-5H3.